The summed E-state index contributed by atoms with van der Waals surface area (Å²) in [6.45, 7) is 7.84. The van der Waals surface area contributed by atoms with E-state index in [1.165, 1.54) is 12.8 Å². The minimum Gasteiger partial charge on any atom is -0.356 e. The maximum atomic E-state index is 13.3. The fourth-order valence-electron chi connectivity index (χ4n) is 6.33. The number of rotatable bonds is 7. The Hall–Kier alpha value is -1.92. The van der Waals surface area contributed by atoms with Gasteiger partial charge in [0.25, 0.3) is 0 Å². The molecule has 0 aromatic rings. The van der Waals surface area contributed by atoms with Crippen molar-refractivity contribution in [1.82, 2.24) is 15.5 Å². The van der Waals surface area contributed by atoms with Crippen molar-refractivity contribution in [3.8, 4) is 0 Å². The SMILES string of the molecule is CC1CCC(CC(=O)N2C[C@H]3[C@@H]([C@H]2C(=O)N[C@H](C=O)C[C@@H]2CCNC2=O)C3(C)C)CC1. The Morgan fingerprint density at radius 1 is 1.23 bits per heavy atom. The number of hydrogen-bond donors (Lipinski definition) is 2. The van der Waals surface area contributed by atoms with Crippen LogP contribution in [0.15, 0.2) is 0 Å². The molecule has 31 heavy (non-hydrogen) atoms. The van der Waals surface area contributed by atoms with Crippen LogP contribution in [-0.2, 0) is 19.2 Å². The third kappa shape index (κ3) is 4.37. The average molecular weight is 432 g/mol. The Bertz CT molecular complexity index is 743. The Morgan fingerprint density at radius 2 is 1.94 bits per heavy atom. The van der Waals surface area contributed by atoms with Gasteiger partial charge in [-0.1, -0.05) is 33.6 Å². The van der Waals surface area contributed by atoms with E-state index in [0.717, 1.165) is 25.0 Å². The molecule has 0 aromatic carbocycles. The van der Waals surface area contributed by atoms with Gasteiger partial charge in [-0.15, -0.1) is 0 Å². The van der Waals surface area contributed by atoms with E-state index in [9.17, 15) is 19.2 Å². The molecule has 0 radical (unpaired) electrons. The molecule has 3 amide bonds. The van der Waals surface area contributed by atoms with Crippen LogP contribution in [0.1, 0.15) is 65.7 Å². The average Bonchev–Trinajstić information content (AvgIpc) is 3.10. The second-order valence-corrected chi connectivity index (χ2v) is 11.0. The molecule has 2 saturated heterocycles. The number of piperidine rings is 1. The maximum Gasteiger partial charge on any atom is 0.243 e. The van der Waals surface area contributed by atoms with Gasteiger partial charge in [0.2, 0.25) is 17.7 Å². The molecule has 7 heteroatoms. The summed E-state index contributed by atoms with van der Waals surface area (Å²) in [6.07, 6.45) is 6.79. The summed E-state index contributed by atoms with van der Waals surface area (Å²) in [5.74, 6) is 1.20. The number of aldehydes is 1. The third-order valence-corrected chi connectivity index (χ3v) is 8.59. The number of amides is 3. The minimum atomic E-state index is -0.695. The van der Waals surface area contributed by atoms with Crippen molar-refractivity contribution in [2.45, 2.75) is 77.8 Å². The number of carbonyl (C=O) groups is 4. The molecule has 0 unspecified atom stereocenters. The van der Waals surface area contributed by atoms with Crippen LogP contribution >= 0.6 is 0 Å². The molecule has 7 nitrogen and oxygen atoms in total. The molecule has 0 aromatic heterocycles. The van der Waals surface area contributed by atoms with Crippen LogP contribution in [0.4, 0.5) is 0 Å². The number of carbonyl (C=O) groups excluding carboxylic acids is 4. The molecule has 2 saturated carbocycles. The van der Waals surface area contributed by atoms with Crippen LogP contribution in [-0.4, -0.2) is 54.1 Å². The van der Waals surface area contributed by atoms with Crippen LogP contribution in [0.5, 0.6) is 0 Å². The Labute approximate surface area is 185 Å². The van der Waals surface area contributed by atoms with Crippen molar-refractivity contribution >= 4 is 24.0 Å². The standard InChI is InChI=1S/C24H37N3O4/c1-14-4-6-15(7-5-14)10-19(29)27-12-18-20(24(18,2)3)21(27)23(31)26-17(13-28)11-16-8-9-25-22(16)30/h13-18,20-21H,4-12H2,1-3H3,(H,25,30)(H,26,31)/t14?,15?,16-,17-,18-,20-,21-/m0/s1. The van der Waals surface area contributed by atoms with Crippen LogP contribution in [0, 0.1) is 35.0 Å². The van der Waals surface area contributed by atoms with E-state index in [2.05, 4.69) is 31.4 Å². The monoisotopic (exact) mass is 431 g/mol. The highest BCUT2D eigenvalue weighted by atomic mass is 16.2. The summed E-state index contributed by atoms with van der Waals surface area (Å²) in [5.41, 5.74) is 0.0427. The summed E-state index contributed by atoms with van der Waals surface area (Å²) in [4.78, 5) is 51.8. The first-order valence-corrected chi connectivity index (χ1v) is 12.0. The first kappa shape index (κ1) is 22.3. The summed E-state index contributed by atoms with van der Waals surface area (Å²) in [5, 5.41) is 5.64. The second kappa shape index (κ2) is 8.55. The summed E-state index contributed by atoms with van der Waals surface area (Å²) < 4.78 is 0. The van der Waals surface area contributed by atoms with Crippen molar-refractivity contribution in [3.05, 3.63) is 0 Å². The molecular formula is C24H37N3O4. The van der Waals surface area contributed by atoms with Gasteiger partial charge in [-0.3, -0.25) is 14.4 Å². The quantitative estimate of drug-likeness (QED) is 0.602. The van der Waals surface area contributed by atoms with E-state index in [1.54, 1.807) is 4.90 Å². The summed E-state index contributed by atoms with van der Waals surface area (Å²) in [6, 6.07) is -1.20. The van der Waals surface area contributed by atoms with Crippen molar-refractivity contribution in [2.24, 2.45) is 35.0 Å². The largest absolute Gasteiger partial charge is 0.356 e. The van der Waals surface area contributed by atoms with Crippen molar-refractivity contribution in [2.75, 3.05) is 13.1 Å². The van der Waals surface area contributed by atoms with Crippen LogP contribution < -0.4 is 10.6 Å². The number of likely N-dealkylation sites (tertiary alicyclic amines) is 1. The second-order valence-electron chi connectivity index (χ2n) is 11.0. The summed E-state index contributed by atoms with van der Waals surface area (Å²) >= 11 is 0. The number of hydrogen-bond acceptors (Lipinski definition) is 4. The molecule has 4 aliphatic rings. The molecule has 5 atom stereocenters. The predicted octanol–water partition coefficient (Wildman–Crippen LogP) is 1.90. The van der Waals surface area contributed by atoms with Crippen molar-refractivity contribution in [3.63, 3.8) is 0 Å². The van der Waals surface area contributed by atoms with E-state index in [1.807, 2.05) is 0 Å². The molecule has 2 N–H and O–H groups in total. The van der Waals surface area contributed by atoms with Crippen LogP contribution in [0.25, 0.3) is 0 Å². The van der Waals surface area contributed by atoms with E-state index in [4.69, 9.17) is 0 Å². The molecular weight excluding hydrogens is 394 g/mol. The fourth-order valence-corrected chi connectivity index (χ4v) is 6.33. The Morgan fingerprint density at radius 3 is 2.55 bits per heavy atom. The van der Waals surface area contributed by atoms with Gasteiger partial charge in [-0.25, -0.2) is 0 Å². The lowest BCUT2D eigenvalue weighted by atomic mass is 9.81. The van der Waals surface area contributed by atoms with E-state index < -0.39 is 12.1 Å². The molecule has 4 rings (SSSR count). The van der Waals surface area contributed by atoms with Gasteiger partial charge in [-0.2, -0.15) is 0 Å². The molecule has 2 aliphatic carbocycles. The first-order chi connectivity index (χ1) is 14.7. The smallest absolute Gasteiger partial charge is 0.243 e. The Kier molecular flexibility index (Phi) is 6.14. The van der Waals surface area contributed by atoms with Gasteiger partial charge < -0.3 is 20.3 Å². The predicted molar refractivity (Wildman–Crippen MR) is 116 cm³/mol. The lowest BCUT2D eigenvalue weighted by Gasteiger charge is -2.33. The topological polar surface area (TPSA) is 95.6 Å². The zero-order valence-corrected chi connectivity index (χ0v) is 19.1. The van der Waals surface area contributed by atoms with Crippen LogP contribution in [0.3, 0.4) is 0 Å². The highest BCUT2D eigenvalue weighted by molar-refractivity contribution is 5.91. The van der Waals surface area contributed by atoms with Crippen molar-refractivity contribution < 1.29 is 19.2 Å². The van der Waals surface area contributed by atoms with E-state index >= 15 is 0 Å². The number of fused-ring (bicyclic) bond motifs is 1. The molecule has 172 valence electrons. The maximum absolute atomic E-state index is 13.3. The first-order valence-electron chi connectivity index (χ1n) is 12.0. The lowest BCUT2D eigenvalue weighted by molar-refractivity contribution is -0.141. The van der Waals surface area contributed by atoms with Gasteiger partial charge in [0, 0.05) is 25.4 Å². The van der Waals surface area contributed by atoms with Gasteiger partial charge in [-0.05, 0) is 54.8 Å². The molecule has 2 aliphatic heterocycles. The zero-order chi connectivity index (χ0) is 22.3. The molecule has 0 bridgehead atoms. The van der Waals surface area contributed by atoms with E-state index in [0.29, 0.717) is 44.2 Å². The Balaban J connectivity index is 1.40. The summed E-state index contributed by atoms with van der Waals surface area (Å²) in [7, 11) is 0. The van der Waals surface area contributed by atoms with Gasteiger partial charge >= 0.3 is 0 Å². The highest BCUT2D eigenvalue weighted by Crippen LogP contribution is 2.65. The van der Waals surface area contributed by atoms with E-state index in [-0.39, 0.29) is 35.0 Å². The minimum absolute atomic E-state index is 0.0427. The highest BCUT2D eigenvalue weighted by Gasteiger charge is 2.69. The molecule has 2 heterocycles. The zero-order valence-electron chi connectivity index (χ0n) is 19.1. The third-order valence-electron chi connectivity index (χ3n) is 8.59. The van der Waals surface area contributed by atoms with Gasteiger partial charge in [0.15, 0.2) is 0 Å². The molecule has 0 spiro atoms. The van der Waals surface area contributed by atoms with Crippen LogP contribution in [0.2, 0.25) is 0 Å². The fraction of sp³-hybridized carbons (Fsp3) is 0.833. The number of nitrogens with one attached hydrogen (secondary N) is 2. The van der Waals surface area contributed by atoms with Gasteiger partial charge in [0.05, 0.1) is 6.04 Å². The normalized spacial score (nSPS) is 37.0. The number of nitrogens with zero attached hydrogens (tertiary/aromatic N) is 1. The van der Waals surface area contributed by atoms with Gasteiger partial charge in [0.1, 0.15) is 12.3 Å². The van der Waals surface area contributed by atoms with Crippen molar-refractivity contribution in [1.29, 1.82) is 0 Å². The molecule has 4 fully saturated rings. The lowest BCUT2D eigenvalue weighted by Crippen LogP contribution is -2.53.